The zero-order valence-corrected chi connectivity index (χ0v) is 10.3. The number of ether oxygens (including phenoxy) is 1. The highest BCUT2D eigenvalue weighted by Crippen LogP contribution is 2.24. The Morgan fingerprint density at radius 1 is 0.900 bits per heavy atom. The summed E-state index contributed by atoms with van der Waals surface area (Å²) in [6.07, 6.45) is -8.60. The summed E-state index contributed by atoms with van der Waals surface area (Å²) in [4.78, 5) is 23.1. The zero-order chi connectivity index (χ0) is 14.9. The van der Waals surface area contributed by atoms with Crippen molar-refractivity contribution in [2.24, 2.45) is 0 Å². The van der Waals surface area contributed by atoms with Crippen LogP contribution in [-0.4, -0.2) is 62.7 Å². The second kappa shape index (κ2) is 5.68. The number of ketones is 1. The molecular formula is C13H14O7. The van der Waals surface area contributed by atoms with Gasteiger partial charge in [-0.3, -0.25) is 4.79 Å². The van der Waals surface area contributed by atoms with Crippen LogP contribution < -0.4 is 0 Å². The summed E-state index contributed by atoms with van der Waals surface area (Å²) in [7, 11) is 0. The van der Waals surface area contributed by atoms with Gasteiger partial charge >= 0.3 is 5.97 Å². The van der Waals surface area contributed by atoms with Crippen molar-refractivity contribution in [3.8, 4) is 0 Å². The van der Waals surface area contributed by atoms with E-state index in [2.05, 4.69) is 0 Å². The quantitative estimate of drug-likeness (QED) is 0.513. The van der Waals surface area contributed by atoms with Crippen molar-refractivity contribution < 1.29 is 34.8 Å². The summed E-state index contributed by atoms with van der Waals surface area (Å²) in [5.74, 6) is -2.18. The summed E-state index contributed by atoms with van der Waals surface area (Å²) in [6.45, 7) is 0. The molecule has 5 atom stereocenters. The number of carboxylic acid groups (broad SMARTS) is 1. The molecule has 1 fully saturated rings. The minimum Gasteiger partial charge on any atom is -0.479 e. The number of hydrogen-bond donors (Lipinski definition) is 4. The first-order valence-corrected chi connectivity index (χ1v) is 5.95. The molecule has 0 bridgehead atoms. The normalized spacial score (nSPS) is 33.6. The predicted octanol–water partition coefficient (Wildman–Crippen LogP) is -1.20. The van der Waals surface area contributed by atoms with E-state index in [1.165, 1.54) is 12.1 Å². The van der Waals surface area contributed by atoms with Crippen LogP contribution in [0.4, 0.5) is 0 Å². The Kier molecular flexibility index (Phi) is 4.15. The van der Waals surface area contributed by atoms with Gasteiger partial charge in [0.1, 0.15) is 18.3 Å². The molecule has 0 radical (unpaired) electrons. The summed E-state index contributed by atoms with van der Waals surface area (Å²) < 4.78 is 4.95. The Hall–Kier alpha value is -1.80. The van der Waals surface area contributed by atoms with Crippen LogP contribution >= 0.6 is 0 Å². The third-order valence-electron chi connectivity index (χ3n) is 3.17. The maximum absolute atomic E-state index is 12.2. The molecule has 4 N–H and O–H groups in total. The molecule has 1 heterocycles. The van der Waals surface area contributed by atoms with Crippen molar-refractivity contribution in [1.82, 2.24) is 0 Å². The number of aliphatic hydroxyl groups is 3. The summed E-state index contributed by atoms with van der Waals surface area (Å²) in [6, 6.07) is 7.84. The van der Waals surface area contributed by atoms with E-state index in [0.717, 1.165) is 0 Å². The van der Waals surface area contributed by atoms with Crippen LogP contribution in [0.25, 0.3) is 0 Å². The van der Waals surface area contributed by atoms with Gasteiger partial charge in [0.15, 0.2) is 18.0 Å². The molecule has 2 rings (SSSR count). The van der Waals surface area contributed by atoms with E-state index in [1.54, 1.807) is 18.2 Å². The molecule has 0 unspecified atom stereocenters. The zero-order valence-electron chi connectivity index (χ0n) is 10.3. The van der Waals surface area contributed by atoms with E-state index in [1.807, 2.05) is 0 Å². The lowest BCUT2D eigenvalue weighted by Crippen LogP contribution is -2.61. The largest absolute Gasteiger partial charge is 0.479 e. The second-order valence-corrected chi connectivity index (χ2v) is 4.52. The standard InChI is InChI=1S/C13H14O7/c14-7(6-4-2-1-3-5-6)11-9(16)8(15)10(17)12(20-11)13(18)19/h1-5,8-12,15-17H,(H,18,19)/t8-,9-,10+,11+,12+/m1/s1. The minimum absolute atomic E-state index is 0.212. The Bertz CT molecular complexity index is 501. The highest BCUT2D eigenvalue weighted by Gasteiger charge is 2.49. The van der Waals surface area contributed by atoms with Gasteiger partial charge in [0.2, 0.25) is 0 Å². The molecule has 108 valence electrons. The molecule has 0 aromatic heterocycles. The number of aliphatic hydroxyl groups excluding tert-OH is 3. The highest BCUT2D eigenvalue weighted by atomic mass is 16.6. The van der Waals surface area contributed by atoms with Crippen LogP contribution in [0.5, 0.6) is 0 Å². The van der Waals surface area contributed by atoms with Gasteiger partial charge < -0.3 is 25.2 Å². The van der Waals surface area contributed by atoms with Gasteiger partial charge in [-0.25, -0.2) is 4.79 Å². The fourth-order valence-corrected chi connectivity index (χ4v) is 2.07. The minimum atomic E-state index is -1.80. The molecule has 1 saturated heterocycles. The maximum Gasteiger partial charge on any atom is 0.335 e. The molecule has 20 heavy (non-hydrogen) atoms. The third kappa shape index (κ3) is 2.56. The van der Waals surface area contributed by atoms with Crippen molar-refractivity contribution in [3.05, 3.63) is 35.9 Å². The average Bonchev–Trinajstić information content (AvgIpc) is 2.45. The first-order valence-electron chi connectivity index (χ1n) is 5.95. The fraction of sp³-hybridized carbons (Fsp3) is 0.385. The lowest BCUT2D eigenvalue weighted by atomic mass is 9.91. The molecule has 1 aliphatic rings. The lowest BCUT2D eigenvalue weighted by Gasteiger charge is -2.38. The average molecular weight is 282 g/mol. The van der Waals surface area contributed by atoms with Crippen LogP contribution in [0.3, 0.4) is 0 Å². The van der Waals surface area contributed by atoms with Crippen molar-refractivity contribution in [3.63, 3.8) is 0 Å². The number of carbonyl (C=O) groups is 2. The van der Waals surface area contributed by atoms with Crippen LogP contribution in [0.1, 0.15) is 10.4 Å². The fourth-order valence-electron chi connectivity index (χ4n) is 2.07. The number of Topliss-reactive ketones (excluding diaryl/α,β-unsaturated/α-hetero) is 1. The summed E-state index contributed by atoms with van der Waals surface area (Å²) in [5, 5.41) is 37.8. The lowest BCUT2D eigenvalue weighted by molar-refractivity contribution is -0.216. The predicted molar refractivity (Wildman–Crippen MR) is 65.1 cm³/mol. The maximum atomic E-state index is 12.2. The molecular weight excluding hydrogens is 268 g/mol. The van der Waals surface area contributed by atoms with E-state index in [-0.39, 0.29) is 5.56 Å². The number of aliphatic carboxylic acids is 1. The molecule has 1 aliphatic heterocycles. The van der Waals surface area contributed by atoms with E-state index >= 15 is 0 Å². The highest BCUT2D eigenvalue weighted by molar-refractivity contribution is 6.00. The van der Waals surface area contributed by atoms with Gasteiger partial charge in [-0.05, 0) is 0 Å². The van der Waals surface area contributed by atoms with Gasteiger partial charge in [0.25, 0.3) is 0 Å². The number of benzene rings is 1. The second-order valence-electron chi connectivity index (χ2n) is 4.52. The number of carbonyl (C=O) groups excluding carboxylic acids is 1. The summed E-state index contributed by atoms with van der Waals surface area (Å²) in [5.41, 5.74) is 0.212. The van der Waals surface area contributed by atoms with E-state index in [9.17, 15) is 24.9 Å². The van der Waals surface area contributed by atoms with E-state index in [0.29, 0.717) is 0 Å². The topological polar surface area (TPSA) is 124 Å². The SMILES string of the molecule is O=C(O)[C@H]1O[C@@H](C(=O)c2ccccc2)[C@H](O)[C@@H](O)[C@@H]1O. The number of hydrogen-bond acceptors (Lipinski definition) is 6. The first-order chi connectivity index (χ1) is 9.43. The molecule has 7 heteroatoms. The van der Waals surface area contributed by atoms with Crippen molar-refractivity contribution in [2.45, 2.75) is 30.5 Å². The molecule has 0 amide bonds. The van der Waals surface area contributed by atoms with Crippen molar-refractivity contribution in [2.75, 3.05) is 0 Å². The smallest absolute Gasteiger partial charge is 0.335 e. The van der Waals surface area contributed by atoms with Gasteiger partial charge in [-0.1, -0.05) is 30.3 Å². The monoisotopic (exact) mass is 282 g/mol. The molecule has 0 spiro atoms. The molecule has 0 aliphatic carbocycles. The van der Waals surface area contributed by atoms with Crippen LogP contribution in [-0.2, 0) is 9.53 Å². The van der Waals surface area contributed by atoms with Gasteiger partial charge in [0, 0.05) is 5.56 Å². The van der Waals surface area contributed by atoms with Gasteiger partial charge in [0.05, 0.1) is 0 Å². The van der Waals surface area contributed by atoms with Crippen LogP contribution in [0.15, 0.2) is 30.3 Å². The Morgan fingerprint density at radius 3 is 2.00 bits per heavy atom. The van der Waals surface area contributed by atoms with Gasteiger partial charge in [-0.15, -0.1) is 0 Å². The third-order valence-corrected chi connectivity index (χ3v) is 3.17. The Morgan fingerprint density at radius 2 is 1.45 bits per heavy atom. The molecule has 1 aromatic rings. The first kappa shape index (κ1) is 14.6. The van der Waals surface area contributed by atoms with Crippen molar-refractivity contribution >= 4 is 11.8 Å². The number of rotatable bonds is 3. The van der Waals surface area contributed by atoms with Crippen molar-refractivity contribution in [1.29, 1.82) is 0 Å². The Balaban J connectivity index is 2.26. The van der Waals surface area contributed by atoms with E-state index < -0.39 is 42.3 Å². The van der Waals surface area contributed by atoms with E-state index in [4.69, 9.17) is 9.84 Å². The summed E-state index contributed by atoms with van der Waals surface area (Å²) >= 11 is 0. The van der Waals surface area contributed by atoms with Crippen LogP contribution in [0, 0.1) is 0 Å². The molecule has 0 saturated carbocycles. The molecule has 7 nitrogen and oxygen atoms in total. The van der Waals surface area contributed by atoms with Gasteiger partial charge in [-0.2, -0.15) is 0 Å². The van der Waals surface area contributed by atoms with Crippen LogP contribution in [0.2, 0.25) is 0 Å². The molecule has 1 aromatic carbocycles. The number of carboxylic acids is 1. The Labute approximate surface area is 114 Å².